The Labute approximate surface area is 67.9 Å². The summed E-state index contributed by atoms with van der Waals surface area (Å²) in [6.45, 7) is 4.13. The molecule has 3 nitrogen and oxygen atoms in total. The Hall–Kier alpha value is -0.410. The molecule has 0 aromatic heterocycles. The highest BCUT2D eigenvalue weighted by molar-refractivity contribution is 5.87. The van der Waals surface area contributed by atoms with Crippen molar-refractivity contribution >= 4 is 5.71 Å². The topological polar surface area (TPSA) is 53.3 Å². The third-order valence-electron chi connectivity index (χ3n) is 1.75. The van der Waals surface area contributed by atoms with E-state index in [1.54, 1.807) is 14.0 Å². The van der Waals surface area contributed by atoms with Crippen molar-refractivity contribution in [3.8, 4) is 0 Å². The molecular formula is C8H17NO2. The highest BCUT2D eigenvalue weighted by atomic mass is 16.5. The van der Waals surface area contributed by atoms with Gasteiger partial charge in [-0.3, -0.25) is 0 Å². The normalized spacial score (nSPS) is 16.0. The van der Waals surface area contributed by atoms with E-state index in [4.69, 9.17) is 15.3 Å². The van der Waals surface area contributed by atoms with Gasteiger partial charge in [0, 0.05) is 18.7 Å². The fourth-order valence-electron chi connectivity index (χ4n) is 0.970. The first kappa shape index (κ1) is 10.6. The van der Waals surface area contributed by atoms with E-state index in [1.165, 1.54) is 0 Å². The number of ether oxygens (including phenoxy) is 1. The van der Waals surface area contributed by atoms with E-state index in [-0.39, 0.29) is 5.92 Å². The Bertz CT molecular complexity index is 123. The van der Waals surface area contributed by atoms with Crippen molar-refractivity contribution < 1.29 is 9.84 Å². The molecule has 2 atom stereocenters. The van der Waals surface area contributed by atoms with Crippen LogP contribution in [0.2, 0.25) is 0 Å². The molecule has 0 rings (SSSR count). The Morgan fingerprint density at radius 3 is 2.45 bits per heavy atom. The Balaban J connectivity index is 3.92. The van der Waals surface area contributed by atoms with Gasteiger partial charge in [0.15, 0.2) is 0 Å². The van der Waals surface area contributed by atoms with Crippen molar-refractivity contribution in [1.82, 2.24) is 0 Å². The van der Waals surface area contributed by atoms with Crippen LogP contribution >= 0.6 is 0 Å². The highest BCUT2D eigenvalue weighted by Crippen LogP contribution is 2.07. The van der Waals surface area contributed by atoms with Crippen LogP contribution in [0.5, 0.6) is 0 Å². The molecule has 0 amide bonds. The minimum Gasteiger partial charge on any atom is -0.387 e. The third kappa shape index (κ3) is 3.49. The number of hydrogen-bond acceptors (Lipinski definition) is 3. The van der Waals surface area contributed by atoms with Crippen LogP contribution < -0.4 is 0 Å². The Morgan fingerprint density at radius 2 is 2.18 bits per heavy atom. The second kappa shape index (κ2) is 5.27. The standard InChI is InChI=1S/C8H17NO2/c1-4-7(5-11-3)8(9)6(2)10/h6-7,9-10H,4-5H2,1-3H3. The minimum absolute atomic E-state index is 0.0694. The van der Waals surface area contributed by atoms with Gasteiger partial charge in [0.1, 0.15) is 0 Å². The molecular weight excluding hydrogens is 142 g/mol. The fraction of sp³-hybridized carbons (Fsp3) is 0.875. The van der Waals surface area contributed by atoms with Gasteiger partial charge in [-0.15, -0.1) is 0 Å². The van der Waals surface area contributed by atoms with E-state index in [9.17, 15) is 0 Å². The maximum atomic E-state index is 9.07. The van der Waals surface area contributed by atoms with Gasteiger partial charge in [0.2, 0.25) is 0 Å². The average Bonchev–Trinajstić information content (AvgIpc) is 1.98. The number of rotatable bonds is 5. The first-order valence-electron chi connectivity index (χ1n) is 3.88. The predicted octanol–water partition coefficient (Wildman–Crippen LogP) is 1.06. The lowest BCUT2D eigenvalue weighted by atomic mass is 9.98. The van der Waals surface area contributed by atoms with E-state index in [0.717, 1.165) is 6.42 Å². The summed E-state index contributed by atoms with van der Waals surface area (Å²) in [7, 11) is 1.61. The fourth-order valence-corrected chi connectivity index (χ4v) is 0.970. The summed E-state index contributed by atoms with van der Waals surface area (Å²) in [6.07, 6.45) is 0.201. The Morgan fingerprint density at radius 1 is 1.64 bits per heavy atom. The summed E-state index contributed by atoms with van der Waals surface area (Å²) in [4.78, 5) is 0. The number of methoxy groups -OCH3 is 1. The van der Waals surface area contributed by atoms with E-state index < -0.39 is 6.10 Å². The maximum absolute atomic E-state index is 9.07. The molecule has 0 heterocycles. The van der Waals surface area contributed by atoms with Gasteiger partial charge in [0.25, 0.3) is 0 Å². The molecule has 3 heteroatoms. The van der Waals surface area contributed by atoms with Gasteiger partial charge in [-0.1, -0.05) is 6.92 Å². The van der Waals surface area contributed by atoms with E-state index >= 15 is 0 Å². The smallest absolute Gasteiger partial charge is 0.0889 e. The summed E-state index contributed by atoms with van der Waals surface area (Å²) in [5, 5.41) is 16.5. The summed E-state index contributed by atoms with van der Waals surface area (Å²) >= 11 is 0. The molecule has 0 bridgehead atoms. The number of nitrogens with one attached hydrogen (secondary N) is 1. The molecule has 11 heavy (non-hydrogen) atoms. The van der Waals surface area contributed by atoms with Crippen LogP contribution in [0.1, 0.15) is 20.3 Å². The maximum Gasteiger partial charge on any atom is 0.0889 e. The first-order valence-corrected chi connectivity index (χ1v) is 3.88. The van der Waals surface area contributed by atoms with Crippen LogP contribution in [-0.2, 0) is 4.74 Å². The summed E-state index contributed by atoms with van der Waals surface area (Å²) in [5.74, 6) is 0.0694. The van der Waals surface area contributed by atoms with E-state index in [1.807, 2.05) is 6.92 Å². The van der Waals surface area contributed by atoms with Crippen molar-refractivity contribution in [2.75, 3.05) is 13.7 Å². The minimum atomic E-state index is -0.643. The molecule has 0 saturated heterocycles. The molecule has 0 aliphatic heterocycles. The molecule has 0 aromatic rings. The second-order valence-corrected chi connectivity index (χ2v) is 2.69. The van der Waals surface area contributed by atoms with E-state index in [2.05, 4.69) is 0 Å². The zero-order valence-electron chi connectivity index (χ0n) is 7.42. The Kier molecular flexibility index (Phi) is 5.07. The molecule has 0 spiro atoms. The SMILES string of the molecule is CCC(COC)C(=N)C(C)O. The van der Waals surface area contributed by atoms with Crippen molar-refractivity contribution in [2.45, 2.75) is 26.4 Å². The molecule has 0 fully saturated rings. The van der Waals surface area contributed by atoms with Crippen LogP contribution in [0.3, 0.4) is 0 Å². The van der Waals surface area contributed by atoms with Crippen LogP contribution in [0.4, 0.5) is 0 Å². The van der Waals surface area contributed by atoms with Gasteiger partial charge in [-0.25, -0.2) is 0 Å². The lowest BCUT2D eigenvalue weighted by Gasteiger charge is -2.16. The summed E-state index contributed by atoms with van der Waals surface area (Å²) in [5.41, 5.74) is 0.370. The lowest BCUT2D eigenvalue weighted by Crippen LogP contribution is -2.27. The molecule has 66 valence electrons. The first-order chi connectivity index (χ1) is 5.13. The zero-order chi connectivity index (χ0) is 8.85. The third-order valence-corrected chi connectivity index (χ3v) is 1.75. The van der Waals surface area contributed by atoms with Gasteiger partial charge < -0.3 is 15.3 Å². The monoisotopic (exact) mass is 159 g/mol. The van der Waals surface area contributed by atoms with Crippen LogP contribution in [0.15, 0.2) is 0 Å². The molecule has 0 aliphatic carbocycles. The molecule has 0 aromatic carbocycles. The predicted molar refractivity (Wildman–Crippen MR) is 45.1 cm³/mol. The number of hydrogen-bond donors (Lipinski definition) is 2. The van der Waals surface area contributed by atoms with Crippen LogP contribution in [0.25, 0.3) is 0 Å². The van der Waals surface area contributed by atoms with Gasteiger partial charge in [-0.05, 0) is 13.3 Å². The van der Waals surface area contributed by atoms with Crippen molar-refractivity contribution in [2.24, 2.45) is 5.92 Å². The van der Waals surface area contributed by atoms with E-state index in [0.29, 0.717) is 12.3 Å². The average molecular weight is 159 g/mol. The van der Waals surface area contributed by atoms with Gasteiger partial charge >= 0.3 is 0 Å². The quantitative estimate of drug-likeness (QED) is 0.589. The molecule has 0 aliphatic rings. The van der Waals surface area contributed by atoms with Gasteiger partial charge in [0.05, 0.1) is 12.7 Å². The van der Waals surface area contributed by atoms with Crippen molar-refractivity contribution in [1.29, 1.82) is 5.41 Å². The molecule has 0 saturated carbocycles. The highest BCUT2D eigenvalue weighted by Gasteiger charge is 2.15. The number of aliphatic hydroxyl groups is 1. The molecule has 2 N–H and O–H groups in total. The summed E-state index contributed by atoms with van der Waals surface area (Å²) in [6, 6.07) is 0. The van der Waals surface area contributed by atoms with Crippen molar-refractivity contribution in [3.63, 3.8) is 0 Å². The van der Waals surface area contributed by atoms with Crippen LogP contribution in [0, 0.1) is 11.3 Å². The van der Waals surface area contributed by atoms with Crippen LogP contribution in [-0.4, -0.2) is 30.6 Å². The van der Waals surface area contributed by atoms with Gasteiger partial charge in [-0.2, -0.15) is 0 Å². The lowest BCUT2D eigenvalue weighted by molar-refractivity contribution is 0.166. The zero-order valence-corrected chi connectivity index (χ0v) is 7.42. The molecule has 0 radical (unpaired) electrons. The second-order valence-electron chi connectivity index (χ2n) is 2.69. The molecule has 2 unspecified atom stereocenters. The largest absolute Gasteiger partial charge is 0.387 e. The summed E-state index contributed by atoms with van der Waals surface area (Å²) < 4.78 is 4.91. The number of aliphatic hydroxyl groups excluding tert-OH is 1. The van der Waals surface area contributed by atoms with Crippen molar-refractivity contribution in [3.05, 3.63) is 0 Å².